The minimum atomic E-state index is -0.830. The minimum absolute atomic E-state index is 0.00843. The van der Waals surface area contributed by atoms with Gasteiger partial charge >= 0.3 is 5.97 Å². The van der Waals surface area contributed by atoms with Crippen LogP contribution >= 0.6 is 23.2 Å². The first-order valence-electron chi connectivity index (χ1n) is 10.2. The van der Waals surface area contributed by atoms with E-state index in [1.165, 1.54) is 0 Å². The van der Waals surface area contributed by atoms with Crippen LogP contribution in [-0.4, -0.2) is 58.7 Å². The van der Waals surface area contributed by atoms with Crippen LogP contribution in [0.4, 0.5) is 5.69 Å². The number of benzene rings is 1. The van der Waals surface area contributed by atoms with E-state index in [1.54, 1.807) is 0 Å². The van der Waals surface area contributed by atoms with Gasteiger partial charge < -0.3 is 19.0 Å². The predicted octanol–water partition coefficient (Wildman–Crippen LogP) is 3.71. The zero-order valence-corrected chi connectivity index (χ0v) is 19.1. The van der Waals surface area contributed by atoms with Crippen LogP contribution in [0.2, 0.25) is 0 Å². The highest BCUT2D eigenvalue weighted by molar-refractivity contribution is 6.18. The third-order valence-corrected chi connectivity index (χ3v) is 5.15. The summed E-state index contributed by atoms with van der Waals surface area (Å²) in [5, 5.41) is 9.21. The molecule has 0 aliphatic rings. The average Bonchev–Trinajstić information content (AvgIpc) is 3.05. The number of halogens is 2. The molecule has 0 amide bonds. The van der Waals surface area contributed by atoms with Gasteiger partial charge in [-0.25, -0.2) is 4.98 Å². The Kier molecular flexibility index (Phi) is 10.7. The molecule has 0 unspecified atom stereocenters. The molecule has 0 radical (unpaired) electrons. The van der Waals surface area contributed by atoms with Gasteiger partial charge in [0.25, 0.3) is 5.09 Å². The van der Waals surface area contributed by atoms with Crippen LogP contribution in [0.1, 0.15) is 31.5 Å². The van der Waals surface area contributed by atoms with Crippen molar-refractivity contribution in [2.75, 3.05) is 43.0 Å². The maximum Gasteiger partial charge on any atom is 0.305 e. The van der Waals surface area contributed by atoms with E-state index >= 15 is 0 Å². The third kappa shape index (κ3) is 8.06. The molecule has 1 aromatic carbocycles. The number of aromatic nitrogens is 2. The van der Waals surface area contributed by atoms with Gasteiger partial charge in [0.05, 0.1) is 24.2 Å². The molecular weight excluding hydrogens is 447 g/mol. The summed E-state index contributed by atoms with van der Waals surface area (Å²) in [6, 6.07) is 6.11. The fourth-order valence-corrected chi connectivity index (χ4v) is 3.63. The Bertz CT molecular complexity index is 855. The van der Waals surface area contributed by atoms with Gasteiger partial charge in [0.15, 0.2) is 0 Å². The fourth-order valence-electron chi connectivity index (χ4n) is 3.22. The van der Waals surface area contributed by atoms with Crippen LogP contribution in [0.3, 0.4) is 0 Å². The molecular formula is C20H28Cl2N4O5. The Morgan fingerprint density at radius 3 is 2.58 bits per heavy atom. The topological polar surface area (TPSA) is 99.7 Å². The zero-order chi connectivity index (χ0) is 22.6. The van der Waals surface area contributed by atoms with Crippen molar-refractivity contribution in [2.24, 2.45) is 7.05 Å². The number of esters is 1. The molecule has 31 heavy (non-hydrogen) atoms. The Balaban J connectivity index is 1.83. The minimum Gasteiger partial charge on any atom is -0.466 e. The number of carbonyl (C=O) groups is 1. The Hall–Kier alpha value is -2.26. The van der Waals surface area contributed by atoms with Crippen LogP contribution in [0.15, 0.2) is 18.2 Å². The summed E-state index contributed by atoms with van der Waals surface area (Å²) < 4.78 is 7.18. The van der Waals surface area contributed by atoms with Gasteiger partial charge in [-0.1, -0.05) is 0 Å². The lowest BCUT2D eigenvalue weighted by Gasteiger charge is -2.22. The summed E-state index contributed by atoms with van der Waals surface area (Å²) in [5.41, 5.74) is 2.95. The molecule has 0 aliphatic heterocycles. The molecule has 2 aromatic rings. The van der Waals surface area contributed by atoms with Gasteiger partial charge in [-0.05, 0) is 37.5 Å². The van der Waals surface area contributed by atoms with Crippen molar-refractivity contribution in [3.8, 4) is 0 Å². The maximum atomic E-state index is 11.9. The van der Waals surface area contributed by atoms with E-state index in [4.69, 9.17) is 32.9 Å². The first-order valence-corrected chi connectivity index (χ1v) is 11.3. The molecule has 11 heteroatoms. The quantitative estimate of drug-likeness (QED) is 0.127. The first kappa shape index (κ1) is 25.0. The van der Waals surface area contributed by atoms with Gasteiger partial charge in [0.1, 0.15) is 5.82 Å². The van der Waals surface area contributed by atoms with E-state index in [0.717, 1.165) is 22.5 Å². The van der Waals surface area contributed by atoms with Crippen molar-refractivity contribution in [3.05, 3.63) is 34.1 Å². The smallest absolute Gasteiger partial charge is 0.305 e. The number of unbranched alkanes of at least 4 members (excludes halogenated alkanes) is 1. The molecule has 1 aromatic heterocycles. The molecule has 0 N–H and O–H groups in total. The van der Waals surface area contributed by atoms with E-state index in [9.17, 15) is 14.9 Å². The fraction of sp³-hybridized carbons (Fsp3) is 0.600. The summed E-state index contributed by atoms with van der Waals surface area (Å²) in [4.78, 5) is 33.0. The number of hydrogen-bond acceptors (Lipinski definition) is 7. The van der Waals surface area contributed by atoms with E-state index in [0.29, 0.717) is 57.0 Å². The number of fused-ring (bicyclic) bond motifs is 1. The van der Waals surface area contributed by atoms with Crippen molar-refractivity contribution < 1.29 is 19.5 Å². The summed E-state index contributed by atoms with van der Waals surface area (Å²) in [6.45, 7) is 1.67. The lowest BCUT2D eigenvalue weighted by atomic mass is 10.2. The highest BCUT2D eigenvalue weighted by Crippen LogP contribution is 2.23. The first-order chi connectivity index (χ1) is 15.0. The number of ether oxygens (including phenoxy) is 1. The lowest BCUT2D eigenvalue weighted by Crippen LogP contribution is -2.27. The molecule has 0 aliphatic carbocycles. The number of alkyl halides is 2. The van der Waals surface area contributed by atoms with Crippen molar-refractivity contribution >= 4 is 45.9 Å². The number of imidazole rings is 1. The number of nitrogens with zero attached hydrogens (tertiary/aromatic N) is 4. The Labute approximate surface area is 191 Å². The Morgan fingerprint density at radius 1 is 1.19 bits per heavy atom. The van der Waals surface area contributed by atoms with Crippen LogP contribution in [0.25, 0.3) is 11.0 Å². The number of anilines is 1. The standard InChI is InChI=1S/C20H28Cl2N4O5/c1-24-18-8-7-16(25(11-9-21)12-10-22)15-17(18)23-19(24)5-4-6-20(27)30-13-2-3-14-31-26(28)29/h7-8,15H,2-6,9-14H2,1H3. The normalized spacial score (nSPS) is 10.9. The second-order valence-electron chi connectivity index (χ2n) is 6.96. The molecule has 0 fully saturated rings. The maximum absolute atomic E-state index is 11.9. The largest absolute Gasteiger partial charge is 0.466 e. The number of aryl methyl sites for hydroxylation is 2. The van der Waals surface area contributed by atoms with Gasteiger partial charge in [0, 0.05) is 50.4 Å². The van der Waals surface area contributed by atoms with Gasteiger partial charge in [-0.15, -0.1) is 33.3 Å². The molecule has 0 spiro atoms. The highest BCUT2D eigenvalue weighted by atomic mass is 35.5. The van der Waals surface area contributed by atoms with E-state index in [2.05, 4.69) is 9.74 Å². The molecule has 1 heterocycles. The molecule has 0 saturated carbocycles. The second-order valence-corrected chi connectivity index (χ2v) is 7.72. The van der Waals surface area contributed by atoms with Crippen LogP contribution in [-0.2, 0) is 27.8 Å². The van der Waals surface area contributed by atoms with Crippen molar-refractivity contribution in [3.63, 3.8) is 0 Å². The third-order valence-electron chi connectivity index (χ3n) is 4.81. The van der Waals surface area contributed by atoms with Crippen molar-refractivity contribution in [1.82, 2.24) is 9.55 Å². The molecule has 172 valence electrons. The Morgan fingerprint density at radius 2 is 1.90 bits per heavy atom. The summed E-state index contributed by atoms with van der Waals surface area (Å²) in [7, 11) is 1.96. The molecule has 0 atom stereocenters. The van der Waals surface area contributed by atoms with Crippen LogP contribution < -0.4 is 4.90 Å². The summed E-state index contributed by atoms with van der Waals surface area (Å²) in [6.07, 6.45) is 2.55. The number of rotatable bonds is 15. The molecule has 0 saturated heterocycles. The monoisotopic (exact) mass is 474 g/mol. The van der Waals surface area contributed by atoms with E-state index in [1.807, 2.05) is 29.8 Å². The summed E-state index contributed by atoms with van der Waals surface area (Å²) >= 11 is 11.8. The van der Waals surface area contributed by atoms with Gasteiger partial charge in [-0.3, -0.25) is 4.79 Å². The average molecular weight is 475 g/mol. The van der Waals surface area contributed by atoms with Crippen molar-refractivity contribution in [2.45, 2.75) is 32.1 Å². The highest BCUT2D eigenvalue weighted by Gasteiger charge is 2.12. The number of hydrogen-bond donors (Lipinski definition) is 0. The lowest BCUT2D eigenvalue weighted by molar-refractivity contribution is -0.757. The van der Waals surface area contributed by atoms with Gasteiger partial charge in [-0.2, -0.15) is 0 Å². The predicted molar refractivity (Wildman–Crippen MR) is 120 cm³/mol. The molecule has 0 bridgehead atoms. The number of carbonyl (C=O) groups excluding carboxylic acids is 1. The second kappa shape index (κ2) is 13.2. The van der Waals surface area contributed by atoms with Crippen LogP contribution in [0.5, 0.6) is 0 Å². The molecule has 9 nitrogen and oxygen atoms in total. The van der Waals surface area contributed by atoms with E-state index < -0.39 is 5.09 Å². The summed E-state index contributed by atoms with van der Waals surface area (Å²) in [5.74, 6) is 1.66. The van der Waals surface area contributed by atoms with E-state index in [-0.39, 0.29) is 19.2 Å². The molecule has 2 rings (SSSR count). The SMILES string of the molecule is Cn1c(CCCC(=O)OCCCCO[N+](=O)[O-])nc2cc(N(CCCl)CCCl)ccc21. The zero-order valence-electron chi connectivity index (χ0n) is 17.6. The van der Waals surface area contributed by atoms with Crippen molar-refractivity contribution in [1.29, 1.82) is 0 Å². The van der Waals surface area contributed by atoms with Gasteiger partial charge in [0.2, 0.25) is 0 Å². The van der Waals surface area contributed by atoms with Crippen LogP contribution in [0, 0.1) is 10.1 Å².